The fraction of sp³-hybridized carbons (Fsp3) is 0.769. The zero-order valence-electron chi connectivity index (χ0n) is 10.2. The van der Waals surface area contributed by atoms with Crippen molar-refractivity contribution in [1.29, 1.82) is 0 Å². The van der Waals surface area contributed by atoms with E-state index in [1.165, 1.54) is 38.5 Å². The third kappa shape index (κ3) is 13.2. The van der Waals surface area contributed by atoms with Gasteiger partial charge in [0.1, 0.15) is 0 Å². The van der Waals surface area contributed by atoms with Crippen LogP contribution in [0.1, 0.15) is 58.8 Å². The Hall–Kier alpha value is -0.790. The van der Waals surface area contributed by atoms with Crippen molar-refractivity contribution in [3.8, 4) is 0 Å². The van der Waals surface area contributed by atoms with Crippen LogP contribution in [0.25, 0.3) is 0 Å². The number of hydrogen-bond donors (Lipinski definition) is 1. The molecule has 0 unspecified atom stereocenters. The summed E-state index contributed by atoms with van der Waals surface area (Å²) < 4.78 is 0. The molecule has 1 N–H and O–H groups in total. The molecule has 0 heterocycles. The molecule has 15 heavy (non-hydrogen) atoms. The first-order chi connectivity index (χ1) is 7.27. The van der Waals surface area contributed by atoms with E-state index in [9.17, 15) is 4.79 Å². The molecule has 0 aliphatic rings. The number of allylic oxidation sites excluding steroid dienone is 1. The summed E-state index contributed by atoms with van der Waals surface area (Å²) in [4.78, 5) is 10.5. The molecule has 0 fully saturated rings. The van der Waals surface area contributed by atoms with E-state index in [1.807, 2.05) is 6.08 Å². The van der Waals surface area contributed by atoms with Crippen molar-refractivity contribution in [2.45, 2.75) is 58.8 Å². The van der Waals surface area contributed by atoms with Crippen molar-refractivity contribution >= 4 is 5.91 Å². The zero-order valence-corrected chi connectivity index (χ0v) is 10.2. The third-order valence-electron chi connectivity index (χ3n) is 2.36. The molecule has 0 aromatic heterocycles. The standard InChI is InChI=1S/C13H25NO/c1-3-4-5-6-7-8-9-10-11-12-14-13(2)15/h10-11H,3-9,12H2,1-2H3,(H,14,15). The molecule has 0 bridgehead atoms. The van der Waals surface area contributed by atoms with E-state index in [-0.39, 0.29) is 5.91 Å². The van der Waals surface area contributed by atoms with E-state index in [0.717, 1.165) is 6.42 Å². The molecule has 0 rings (SSSR count). The van der Waals surface area contributed by atoms with Gasteiger partial charge < -0.3 is 5.32 Å². The molecule has 0 saturated heterocycles. The van der Waals surface area contributed by atoms with E-state index in [0.29, 0.717) is 6.54 Å². The SMILES string of the molecule is CCCCCCCCC=CCNC(C)=O. The maximum atomic E-state index is 10.5. The lowest BCUT2D eigenvalue weighted by molar-refractivity contribution is -0.118. The van der Waals surface area contributed by atoms with Gasteiger partial charge in [0.2, 0.25) is 5.91 Å². The summed E-state index contributed by atoms with van der Waals surface area (Å²) in [5.41, 5.74) is 0. The van der Waals surface area contributed by atoms with E-state index in [1.54, 1.807) is 6.92 Å². The van der Waals surface area contributed by atoms with Crippen molar-refractivity contribution in [2.24, 2.45) is 0 Å². The highest BCUT2D eigenvalue weighted by Gasteiger charge is 1.88. The minimum absolute atomic E-state index is 0.0409. The Morgan fingerprint density at radius 3 is 2.40 bits per heavy atom. The molecule has 0 saturated carbocycles. The number of carbonyl (C=O) groups is 1. The maximum absolute atomic E-state index is 10.5. The molecule has 0 radical (unpaired) electrons. The molecule has 2 nitrogen and oxygen atoms in total. The maximum Gasteiger partial charge on any atom is 0.217 e. The Morgan fingerprint density at radius 1 is 1.07 bits per heavy atom. The lowest BCUT2D eigenvalue weighted by Gasteiger charge is -1.98. The molecular formula is C13H25NO. The quantitative estimate of drug-likeness (QED) is 0.459. The average molecular weight is 211 g/mol. The van der Waals surface area contributed by atoms with Gasteiger partial charge in [0.05, 0.1) is 0 Å². The predicted octanol–water partition coefficient (Wildman–Crippen LogP) is 3.43. The molecule has 0 aliphatic heterocycles. The smallest absolute Gasteiger partial charge is 0.217 e. The van der Waals surface area contributed by atoms with Crippen LogP contribution < -0.4 is 5.32 Å². The van der Waals surface area contributed by atoms with Crippen LogP contribution >= 0.6 is 0 Å². The van der Waals surface area contributed by atoms with Gasteiger partial charge in [-0.05, 0) is 12.8 Å². The lowest BCUT2D eigenvalue weighted by atomic mass is 10.1. The number of amides is 1. The molecule has 0 aromatic rings. The Bertz CT molecular complexity index is 175. The number of unbranched alkanes of at least 4 members (excludes halogenated alkanes) is 6. The van der Waals surface area contributed by atoms with E-state index >= 15 is 0 Å². The first kappa shape index (κ1) is 14.2. The summed E-state index contributed by atoms with van der Waals surface area (Å²) >= 11 is 0. The Kier molecular flexibility index (Phi) is 10.7. The van der Waals surface area contributed by atoms with Crippen molar-refractivity contribution in [2.75, 3.05) is 6.54 Å². The predicted molar refractivity (Wildman–Crippen MR) is 65.8 cm³/mol. The summed E-state index contributed by atoms with van der Waals surface area (Å²) in [5.74, 6) is 0.0409. The van der Waals surface area contributed by atoms with Gasteiger partial charge >= 0.3 is 0 Å². The topological polar surface area (TPSA) is 29.1 Å². The largest absolute Gasteiger partial charge is 0.353 e. The highest BCUT2D eigenvalue weighted by Crippen LogP contribution is 2.06. The first-order valence-electron chi connectivity index (χ1n) is 6.16. The van der Waals surface area contributed by atoms with Crippen LogP contribution in [0.15, 0.2) is 12.2 Å². The molecule has 2 heteroatoms. The average Bonchev–Trinajstić information content (AvgIpc) is 2.20. The second-order valence-corrected chi connectivity index (χ2v) is 3.96. The number of nitrogens with one attached hydrogen (secondary N) is 1. The third-order valence-corrected chi connectivity index (χ3v) is 2.36. The van der Waals surface area contributed by atoms with Crippen LogP contribution in [-0.2, 0) is 4.79 Å². The number of carbonyl (C=O) groups excluding carboxylic acids is 1. The van der Waals surface area contributed by atoms with Gasteiger partial charge in [-0.2, -0.15) is 0 Å². The van der Waals surface area contributed by atoms with Crippen LogP contribution in [0.3, 0.4) is 0 Å². The van der Waals surface area contributed by atoms with Gasteiger partial charge in [-0.3, -0.25) is 4.79 Å². The molecular weight excluding hydrogens is 186 g/mol. The summed E-state index contributed by atoms with van der Waals surface area (Å²) in [6, 6.07) is 0. The fourth-order valence-electron chi connectivity index (χ4n) is 1.45. The summed E-state index contributed by atoms with van der Waals surface area (Å²) in [6.07, 6.45) is 13.4. The van der Waals surface area contributed by atoms with E-state index in [2.05, 4.69) is 18.3 Å². The van der Waals surface area contributed by atoms with Gasteiger partial charge in [0.15, 0.2) is 0 Å². The number of rotatable bonds is 9. The second-order valence-electron chi connectivity index (χ2n) is 3.96. The van der Waals surface area contributed by atoms with Gasteiger partial charge in [0.25, 0.3) is 0 Å². The van der Waals surface area contributed by atoms with Crippen molar-refractivity contribution in [3.63, 3.8) is 0 Å². The van der Waals surface area contributed by atoms with E-state index in [4.69, 9.17) is 0 Å². The molecule has 88 valence electrons. The number of hydrogen-bond acceptors (Lipinski definition) is 1. The second kappa shape index (κ2) is 11.3. The molecule has 1 amide bonds. The van der Waals surface area contributed by atoms with Gasteiger partial charge in [0, 0.05) is 13.5 Å². The highest BCUT2D eigenvalue weighted by atomic mass is 16.1. The molecule has 0 aromatic carbocycles. The summed E-state index contributed by atoms with van der Waals surface area (Å²) in [5, 5.41) is 2.74. The van der Waals surface area contributed by atoms with Crippen molar-refractivity contribution < 1.29 is 4.79 Å². The minimum Gasteiger partial charge on any atom is -0.353 e. The lowest BCUT2D eigenvalue weighted by Crippen LogP contribution is -2.19. The van der Waals surface area contributed by atoms with Gasteiger partial charge in [-0.15, -0.1) is 0 Å². The van der Waals surface area contributed by atoms with Crippen molar-refractivity contribution in [1.82, 2.24) is 5.32 Å². The molecule has 0 atom stereocenters. The van der Waals surface area contributed by atoms with Gasteiger partial charge in [-0.1, -0.05) is 51.2 Å². The van der Waals surface area contributed by atoms with Crippen LogP contribution in [0.2, 0.25) is 0 Å². The fourth-order valence-corrected chi connectivity index (χ4v) is 1.45. The summed E-state index contributed by atoms with van der Waals surface area (Å²) in [6.45, 7) is 4.46. The normalized spacial score (nSPS) is 10.8. The van der Waals surface area contributed by atoms with Crippen LogP contribution in [0, 0.1) is 0 Å². The summed E-state index contributed by atoms with van der Waals surface area (Å²) in [7, 11) is 0. The first-order valence-corrected chi connectivity index (χ1v) is 6.16. The zero-order chi connectivity index (χ0) is 11.4. The Balaban J connectivity index is 3.06. The van der Waals surface area contributed by atoms with Crippen molar-refractivity contribution in [3.05, 3.63) is 12.2 Å². The highest BCUT2D eigenvalue weighted by molar-refractivity contribution is 5.72. The molecule has 0 aliphatic carbocycles. The Labute approximate surface area is 94.1 Å². The van der Waals surface area contributed by atoms with E-state index < -0.39 is 0 Å². The minimum atomic E-state index is 0.0409. The molecule has 0 spiro atoms. The van der Waals surface area contributed by atoms with Crippen LogP contribution in [-0.4, -0.2) is 12.5 Å². The van der Waals surface area contributed by atoms with Crippen LogP contribution in [0.4, 0.5) is 0 Å². The Morgan fingerprint density at radius 2 is 1.73 bits per heavy atom. The van der Waals surface area contributed by atoms with Gasteiger partial charge in [-0.25, -0.2) is 0 Å². The van der Waals surface area contributed by atoms with Crippen LogP contribution in [0.5, 0.6) is 0 Å². The monoisotopic (exact) mass is 211 g/mol.